The molecule has 0 spiro atoms. The fourth-order valence-electron chi connectivity index (χ4n) is 10.5. The van der Waals surface area contributed by atoms with Crippen molar-refractivity contribution in [3.05, 3.63) is 259 Å². The van der Waals surface area contributed by atoms with Gasteiger partial charge in [-0.25, -0.2) is 0 Å². The molecule has 2 nitrogen and oxygen atoms in total. The normalized spacial score (nSPS) is 12.8. The maximum Gasteiger partial charge on any atom is 0.143 e. The first kappa shape index (κ1) is 36.7. The van der Waals surface area contributed by atoms with E-state index < -0.39 is 5.41 Å². The largest absolute Gasteiger partial charge is 0.455 e. The zero-order chi connectivity index (χ0) is 42.2. The maximum absolute atomic E-state index is 6.48. The second-order valence-electron chi connectivity index (χ2n) is 16.8. The van der Waals surface area contributed by atoms with E-state index in [1.165, 1.54) is 64.7 Å². The summed E-state index contributed by atoms with van der Waals surface area (Å²) in [5.74, 6) is 0. The molecule has 2 heterocycles. The van der Waals surface area contributed by atoms with Gasteiger partial charge in [-0.05, 0) is 111 Å². The standard InChI is InChI=1S/C61H39NOS/c1-3-14-43(15-4-1)61(44-16-5-2-6-17-44)55-23-10-7-18-49(55)53-39-47(35-36-56(53)61)62(45-31-26-40(27-32-45)42-30-37-59-54(38-42)51-20-9-12-25-58(51)64-59)46-33-28-41(29-34-46)48-21-13-22-52-50-19-8-11-24-57(50)63-60(48)52/h1-39H. The Hall–Kier alpha value is -7.98. The van der Waals surface area contributed by atoms with Crippen molar-refractivity contribution < 1.29 is 4.42 Å². The predicted molar refractivity (Wildman–Crippen MR) is 269 cm³/mol. The summed E-state index contributed by atoms with van der Waals surface area (Å²) in [5, 5.41) is 4.89. The average molecular weight is 834 g/mol. The summed E-state index contributed by atoms with van der Waals surface area (Å²) in [7, 11) is 0. The average Bonchev–Trinajstić information content (AvgIpc) is 4.03. The number of hydrogen-bond acceptors (Lipinski definition) is 3. The number of anilines is 3. The van der Waals surface area contributed by atoms with Crippen LogP contribution in [0.1, 0.15) is 22.3 Å². The van der Waals surface area contributed by atoms with E-state index in [9.17, 15) is 0 Å². The predicted octanol–water partition coefficient (Wildman–Crippen LogP) is 17.1. The van der Waals surface area contributed by atoms with Crippen molar-refractivity contribution in [2.45, 2.75) is 5.41 Å². The second-order valence-corrected chi connectivity index (χ2v) is 17.9. The number of hydrogen-bond donors (Lipinski definition) is 0. The highest BCUT2D eigenvalue weighted by Gasteiger charge is 2.46. The Bertz CT molecular complexity index is 3670. The van der Waals surface area contributed by atoms with Crippen molar-refractivity contribution in [2.24, 2.45) is 0 Å². The SMILES string of the molecule is c1ccc(C2(c3ccccc3)c3ccccc3-c3cc(N(c4ccc(-c5ccc6sc7ccccc7c6c5)cc4)c4ccc(-c5cccc6c5oc5ccccc56)cc4)ccc32)cc1. The molecule has 0 aliphatic heterocycles. The van der Waals surface area contributed by atoms with Crippen LogP contribution in [0.15, 0.2) is 241 Å². The first-order valence-corrected chi connectivity index (χ1v) is 22.7. The van der Waals surface area contributed by atoms with Crippen LogP contribution in [0.25, 0.3) is 75.5 Å². The first-order chi connectivity index (χ1) is 31.7. The third-order valence-electron chi connectivity index (χ3n) is 13.4. The summed E-state index contributed by atoms with van der Waals surface area (Å²) in [4.78, 5) is 2.40. The van der Waals surface area contributed by atoms with E-state index in [4.69, 9.17) is 4.42 Å². The summed E-state index contributed by atoms with van der Waals surface area (Å²) in [6.07, 6.45) is 0. The Morgan fingerprint density at radius 3 is 1.67 bits per heavy atom. The lowest BCUT2D eigenvalue weighted by Gasteiger charge is -2.34. The minimum absolute atomic E-state index is 0.465. The molecule has 0 saturated heterocycles. The molecule has 300 valence electrons. The third kappa shape index (κ3) is 5.58. The van der Waals surface area contributed by atoms with Crippen LogP contribution in [0.4, 0.5) is 17.1 Å². The molecule has 0 bridgehead atoms. The molecule has 3 heteroatoms. The molecular formula is C61H39NOS. The van der Waals surface area contributed by atoms with Crippen LogP contribution in [0.5, 0.6) is 0 Å². The summed E-state index contributed by atoms with van der Waals surface area (Å²) in [6, 6.07) is 86.5. The van der Waals surface area contributed by atoms with Crippen molar-refractivity contribution in [2.75, 3.05) is 4.90 Å². The van der Waals surface area contributed by atoms with Gasteiger partial charge in [0.25, 0.3) is 0 Å². The quantitative estimate of drug-likeness (QED) is 0.159. The van der Waals surface area contributed by atoms with Gasteiger partial charge >= 0.3 is 0 Å². The Labute approximate surface area is 375 Å². The van der Waals surface area contributed by atoms with Crippen LogP contribution >= 0.6 is 11.3 Å². The lowest BCUT2D eigenvalue weighted by Crippen LogP contribution is -2.28. The molecule has 12 aromatic rings. The molecule has 2 aromatic heterocycles. The number of fused-ring (bicyclic) bond motifs is 9. The van der Waals surface area contributed by atoms with Crippen LogP contribution in [-0.2, 0) is 5.41 Å². The molecule has 0 unspecified atom stereocenters. The van der Waals surface area contributed by atoms with Crippen molar-refractivity contribution in [3.63, 3.8) is 0 Å². The molecule has 13 rings (SSSR count). The van der Waals surface area contributed by atoms with Crippen LogP contribution in [0, 0.1) is 0 Å². The highest BCUT2D eigenvalue weighted by atomic mass is 32.1. The molecule has 0 radical (unpaired) electrons. The van der Waals surface area contributed by atoms with E-state index in [0.717, 1.165) is 50.1 Å². The van der Waals surface area contributed by atoms with Gasteiger partial charge in [0.05, 0.1) is 5.41 Å². The zero-order valence-corrected chi connectivity index (χ0v) is 35.6. The molecule has 0 amide bonds. The lowest BCUT2D eigenvalue weighted by molar-refractivity contribution is 0.670. The monoisotopic (exact) mass is 833 g/mol. The lowest BCUT2D eigenvalue weighted by atomic mass is 9.68. The van der Waals surface area contributed by atoms with E-state index >= 15 is 0 Å². The van der Waals surface area contributed by atoms with Crippen molar-refractivity contribution in [1.82, 2.24) is 0 Å². The van der Waals surface area contributed by atoms with Crippen molar-refractivity contribution in [1.29, 1.82) is 0 Å². The maximum atomic E-state index is 6.48. The molecule has 64 heavy (non-hydrogen) atoms. The van der Waals surface area contributed by atoms with Gasteiger partial charge in [0.15, 0.2) is 0 Å². The molecule has 0 fully saturated rings. The minimum atomic E-state index is -0.465. The van der Waals surface area contributed by atoms with Gasteiger partial charge in [-0.2, -0.15) is 0 Å². The van der Waals surface area contributed by atoms with E-state index in [-0.39, 0.29) is 0 Å². The second kappa shape index (κ2) is 14.6. The molecule has 0 N–H and O–H groups in total. The van der Waals surface area contributed by atoms with E-state index in [2.05, 4.69) is 229 Å². The van der Waals surface area contributed by atoms with E-state index in [0.29, 0.717) is 0 Å². The molecular weight excluding hydrogens is 795 g/mol. The van der Waals surface area contributed by atoms with Crippen LogP contribution in [0.2, 0.25) is 0 Å². The van der Waals surface area contributed by atoms with Crippen LogP contribution in [0.3, 0.4) is 0 Å². The summed E-state index contributed by atoms with van der Waals surface area (Å²) in [6.45, 7) is 0. The molecule has 1 aliphatic rings. The molecule has 0 atom stereocenters. The van der Waals surface area contributed by atoms with Gasteiger partial charge in [0.1, 0.15) is 11.2 Å². The highest BCUT2D eigenvalue weighted by Crippen LogP contribution is 2.57. The molecule has 10 aromatic carbocycles. The summed E-state index contributed by atoms with van der Waals surface area (Å²) >= 11 is 1.86. The number of benzene rings is 10. The van der Waals surface area contributed by atoms with Crippen LogP contribution < -0.4 is 4.90 Å². The van der Waals surface area contributed by atoms with Gasteiger partial charge in [0.2, 0.25) is 0 Å². The number of furan rings is 1. The van der Waals surface area contributed by atoms with Crippen molar-refractivity contribution in [3.8, 4) is 33.4 Å². The molecule has 0 saturated carbocycles. The number of rotatable bonds is 7. The topological polar surface area (TPSA) is 16.4 Å². The number of para-hydroxylation sites is 2. The van der Waals surface area contributed by atoms with E-state index in [1.54, 1.807) is 0 Å². The van der Waals surface area contributed by atoms with Crippen LogP contribution in [-0.4, -0.2) is 0 Å². The van der Waals surface area contributed by atoms with Gasteiger partial charge < -0.3 is 9.32 Å². The zero-order valence-electron chi connectivity index (χ0n) is 34.8. The summed E-state index contributed by atoms with van der Waals surface area (Å²) < 4.78 is 9.12. The number of thiophene rings is 1. The summed E-state index contributed by atoms with van der Waals surface area (Å²) in [5.41, 5.74) is 16.8. The molecule has 1 aliphatic carbocycles. The van der Waals surface area contributed by atoms with Gasteiger partial charge in [-0.3, -0.25) is 0 Å². The number of nitrogens with zero attached hydrogens (tertiary/aromatic N) is 1. The van der Waals surface area contributed by atoms with E-state index in [1.807, 2.05) is 23.5 Å². The van der Waals surface area contributed by atoms with Gasteiger partial charge in [-0.1, -0.05) is 176 Å². The fraction of sp³-hybridized carbons (Fsp3) is 0.0164. The Kier molecular flexibility index (Phi) is 8.34. The minimum Gasteiger partial charge on any atom is -0.455 e. The third-order valence-corrected chi connectivity index (χ3v) is 14.5. The van der Waals surface area contributed by atoms with Gasteiger partial charge in [0, 0.05) is 53.6 Å². The Morgan fingerprint density at radius 2 is 0.906 bits per heavy atom. The Morgan fingerprint density at radius 1 is 0.344 bits per heavy atom. The first-order valence-electron chi connectivity index (χ1n) is 21.9. The Balaban J connectivity index is 0.969. The fourth-order valence-corrected chi connectivity index (χ4v) is 11.6. The van der Waals surface area contributed by atoms with Crippen molar-refractivity contribution >= 4 is 70.5 Å². The highest BCUT2D eigenvalue weighted by molar-refractivity contribution is 7.25. The smallest absolute Gasteiger partial charge is 0.143 e. The van der Waals surface area contributed by atoms with Gasteiger partial charge in [-0.15, -0.1) is 11.3 Å².